The van der Waals surface area contributed by atoms with E-state index < -0.39 is 0 Å². The molecule has 3 aromatic rings. The maximum atomic E-state index is 12.8. The molecule has 3 rings (SSSR count). The standard InChI is InChI=1S/C24H25BrN2O4/c1-16(2)11-13-31-22-10-9-17(14-20(22)25)23(28)27-21-8-4-3-7-19(21)24(29)26-15-18-6-5-12-30-18/h3-10,12,14,16H,11,13,15H2,1-2H3,(H,26,29)(H,27,28). The van der Waals surface area contributed by atoms with Gasteiger partial charge in [-0.05, 0) is 70.7 Å². The maximum Gasteiger partial charge on any atom is 0.255 e. The predicted molar refractivity (Wildman–Crippen MR) is 123 cm³/mol. The highest BCUT2D eigenvalue weighted by Gasteiger charge is 2.15. The smallest absolute Gasteiger partial charge is 0.255 e. The Morgan fingerprint density at radius 1 is 1.06 bits per heavy atom. The van der Waals surface area contributed by atoms with Gasteiger partial charge in [0, 0.05) is 5.56 Å². The summed E-state index contributed by atoms with van der Waals surface area (Å²) < 4.78 is 11.7. The Hall–Kier alpha value is -3.06. The fourth-order valence-corrected chi connectivity index (χ4v) is 3.32. The number of halogens is 1. The monoisotopic (exact) mass is 484 g/mol. The Bertz CT molecular complexity index is 1030. The van der Waals surface area contributed by atoms with Gasteiger partial charge in [-0.1, -0.05) is 26.0 Å². The van der Waals surface area contributed by atoms with Crippen LogP contribution in [-0.4, -0.2) is 18.4 Å². The number of carbonyl (C=O) groups excluding carboxylic acids is 2. The van der Waals surface area contributed by atoms with E-state index in [4.69, 9.17) is 9.15 Å². The lowest BCUT2D eigenvalue weighted by Crippen LogP contribution is -2.24. The number of nitrogens with one attached hydrogen (secondary N) is 2. The zero-order chi connectivity index (χ0) is 22.2. The van der Waals surface area contributed by atoms with E-state index in [-0.39, 0.29) is 18.4 Å². The second-order valence-corrected chi connectivity index (χ2v) is 8.29. The van der Waals surface area contributed by atoms with Crippen LogP contribution in [0, 0.1) is 5.92 Å². The molecule has 0 radical (unpaired) electrons. The molecule has 0 saturated heterocycles. The van der Waals surface area contributed by atoms with Crippen molar-refractivity contribution in [1.82, 2.24) is 5.32 Å². The molecule has 1 heterocycles. The number of carbonyl (C=O) groups is 2. The second-order valence-electron chi connectivity index (χ2n) is 7.44. The molecule has 0 aliphatic heterocycles. The average Bonchev–Trinajstić information content (AvgIpc) is 3.27. The van der Waals surface area contributed by atoms with Crippen molar-refractivity contribution < 1.29 is 18.7 Å². The molecule has 7 heteroatoms. The van der Waals surface area contributed by atoms with Crippen LogP contribution in [0.1, 0.15) is 46.7 Å². The van der Waals surface area contributed by atoms with E-state index in [0.29, 0.717) is 45.3 Å². The van der Waals surface area contributed by atoms with Crippen LogP contribution < -0.4 is 15.4 Å². The number of ether oxygens (including phenoxy) is 1. The fraction of sp³-hybridized carbons (Fsp3) is 0.250. The number of para-hydroxylation sites is 1. The highest BCUT2D eigenvalue weighted by molar-refractivity contribution is 9.10. The van der Waals surface area contributed by atoms with Crippen LogP contribution in [0.15, 0.2) is 69.8 Å². The SMILES string of the molecule is CC(C)CCOc1ccc(C(=O)Nc2ccccc2C(=O)NCc2ccco2)cc1Br. The van der Waals surface area contributed by atoms with Crippen LogP contribution in [-0.2, 0) is 6.54 Å². The van der Waals surface area contributed by atoms with Crippen molar-refractivity contribution in [3.63, 3.8) is 0 Å². The molecule has 6 nitrogen and oxygen atoms in total. The predicted octanol–water partition coefficient (Wildman–Crippen LogP) is 5.65. The molecule has 162 valence electrons. The Kier molecular flexibility index (Phi) is 7.89. The zero-order valence-electron chi connectivity index (χ0n) is 17.5. The molecule has 2 aromatic carbocycles. The van der Waals surface area contributed by atoms with Crippen molar-refractivity contribution in [3.05, 3.63) is 82.2 Å². The van der Waals surface area contributed by atoms with Crippen LogP contribution >= 0.6 is 15.9 Å². The summed E-state index contributed by atoms with van der Waals surface area (Å²) >= 11 is 3.47. The maximum absolute atomic E-state index is 12.8. The summed E-state index contributed by atoms with van der Waals surface area (Å²) in [4.78, 5) is 25.4. The Morgan fingerprint density at radius 2 is 1.87 bits per heavy atom. The lowest BCUT2D eigenvalue weighted by Gasteiger charge is -2.13. The van der Waals surface area contributed by atoms with Crippen LogP contribution in [0.25, 0.3) is 0 Å². The van der Waals surface area contributed by atoms with Gasteiger partial charge in [0.1, 0.15) is 11.5 Å². The first-order chi connectivity index (χ1) is 14.9. The van der Waals surface area contributed by atoms with E-state index >= 15 is 0 Å². The average molecular weight is 485 g/mol. The number of benzene rings is 2. The van der Waals surface area contributed by atoms with Crippen molar-refractivity contribution in [3.8, 4) is 5.75 Å². The quantitative estimate of drug-likeness (QED) is 0.411. The van der Waals surface area contributed by atoms with E-state index in [1.165, 1.54) is 0 Å². The number of rotatable bonds is 9. The first kappa shape index (κ1) is 22.6. The molecule has 0 bridgehead atoms. The van der Waals surface area contributed by atoms with Crippen molar-refractivity contribution >= 4 is 33.4 Å². The Balaban J connectivity index is 1.66. The van der Waals surface area contributed by atoms with Crippen molar-refractivity contribution in [2.24, 2.45) is 5.92 Å². The molecule has 0 spiro atoms. The van der Waals surface area contributed by atoms with Gasteiger partial charge in [0.05, 0.1) is 35.1 Å². The molecule has 2 N–H and O–H groups in total. The lowest BCUT2D eigenvalue weighted by atomic mass is 10.1. The molecule has 0 atom stereocenters. The van der Waals surface area contributed by atoms with Gasteiger partial charge in [-0.15, -0.1) is 0 Å². The highest BCUT2D eigenvalue weighted by atomic mass is 79.9. The van der Waals surface area contributed by atoms with E-state index in [1.807, 2.05) is 0 Å². The number of furan rings is 1. The molecule has 0 unspecified atom stereocenters. The van der Waals surface area contributed by atoms with Gasteiger partial charge in [-0.25, -0.2) is 0 Å². The van der Waals surface area contributed by atoms with E-state index in [0.717, 1.165) is 6.42 Å². The fourth-order valence-electron chi connectivity index (χ4n) is 2.82. The molecule has 2 amide bonds. The molecule has 0 fully saturated rings. The largest absolute Gasteiger partial charge is 0.492 e. The van der Waals surface area contributed by atoms with Crippen molar-refractivity contribution in [2.45, 2.75) is 26.8 Å². The van der Waals surface area contributed by atoms with Gasteiger partial charge in [0.25, 0.3) is 11.8 Å². The summed E-state index contributed by atoms with van der Waals surface area (Å²) in [5, 5.41) is 5.61. The summed E-state index contributed by atoms with van der Waals surface area (Å²) in [6.45, 7) is 5.16. The van der Waals surface area contributed by atoms with Gasteiger partial charge in [-0.3, -0.25) is 9.59 Å². The van der Waals surface area contributed by atoms with Gasteiger partial charge < -0.3 is 19.8 Å². The third-order valence-electron chi connectivity index (χ3n) is 4.57. The normalized spacial score (nSPS) is 10.7. The number of hydrogen-bond acceptors (Lipinski definition) is 4. The summed E-state index contributed by atoms with van der Waals surface area (Å²) in [6.07, 6.45) is 2.50. The number of anilines is 1. The van der Waals surface area contributed by atoms with Crippen LogP contribution in [0.2, 0.25) is 0 Å². The highest BCUT2D eigenvalue weighted by Crippen LogP contribution is 2.27. The molecule has 0 aliphatic carbocycles. The second kappa shape index (κ2) is 10.8. The van der Waals surface area contributed by atoms with Crippen molar-refractivity contribution in [2.75, 3.05) is 11.9 Å². The summed E-state index contributed by atoms with van der Waals surface area (Å²) in [5.74, 6) is 1.27. The Labute approximate surface area is 190 Å². The third-order valence-corrected chi connectivity index (χ3v) is 5.19. The molecular formula is C24H25BrN2O4. The van der Waals surface area contributed by atoms with Gasteiger partial charge in [0.15, 0.2) is 0 Å². The van der Waals surface area contributed by atoms with E-state index in [1.54, 1.807) is 60.9 Å². The minimum absolute atomic E-state index is 0.263. The zero-order valence-corrected chi connectivity index (χ0v) is 19.1. The van der Waals surface area contributed by atoms with Crippen molar-refractivity contribution in [1.29, 1.82) is 0 Å². The van der Waals surface area contributed by atoms with Gasteiger partial charge in [-0.2, -0.15) is 0 Å². The van der Waals surface area contributed by atoms with E-state index in [2.05, 4.69) is 40.4 Å². The topological polar surface area (TPSA) is 80.6 Å². The molecule has 1 aromatic heterocycles. The summed E-state index contributed by atoms with van der Waals surface area (Å²) in [7, 11) is 0. The number of amides is 2. The van der Waals surface area contributed by atoms with Crippen LogP contribution in [0.4, 0.5) is 5.69 Å². The molecular weight excluding hydrogens is 460 g/mol. The lowest BCUT2D eigenvalue weighted by molar-refractivity contribution is 0.0949. The summed E-state index contributed by atoms with van der Waals surface area (Å²) in [6, 6.07) is 15.6. The molecule has 31 heavy (non-hydrogen) atoms. The summed E-state index contributed by atoms with van der Waals surface area (Å²) in [5.41, 5.74) is 1.25. The van der Waals surface area contributed by atoms with Gasteiger partial charge in [0.2, 0.25) is 0 Å². The minimum Gasteiger partial charge on any atom is -0.492 e. The number of hydrogen-bond donors (Lipinski definition) is 2. The van der Waals surface area contributed by atoms with Gasteiger partial charge >= 0.3 is 0 Å². The molecule has 0 aliphatic rings. The molecule has 0 saturated carbocycles. The minimum atomic E-state index is -0.319. The van der Waals surface area contributed by atoms with Crippen LogP contribution in [0.5, 0.6) is 5.75 Å². The third kappa shape index (κ3) is 6.46. The van der Waals surface area contributed by atoms with Crippen LogP contribution in [0.3, 0.4) is 0 Å². The Morgan fingerprint density at radius 3 is 2.58 bits per heavy atom. The first-order valence-electron chi connectivity index (χ1n) is 10.1. The van der Waals surface area contributed by atoms with E-state index in [9.17, 15) is 9.59 Å². The first-order valence-corrected chi connectivity index (χ1v) is 10.9.